The minimum absolute atomic E-state index is 0.0306. The summed E-state index contributed by atoms with van der Waals surface area (Å²) in [6.07, 6.45) is 2.63. The number of aromatic nitrogens is 1. The zero-order chi connectivity index (χ0) is 12.5. The van der Waals surface area contributed by atoms with Crippen LogP contribution in [0.3, 0.4) is 0 Å². The third-order valence-corrected chi connectivity index (χ3v) is 3.55. The van der Waals surface area contributed by atoms with E-state index in [9.17, 15) is 4.79 Å². The molecule has 1 amide bonds. The first-order valence-corrected chi connectivity index (χ1v) is 6.14. The maximum atomic E-state index is 11.2. The SMILES string of the molecule is NC(=O)C1CCN(c2cccc3ncccc23)C1. The summed E-state index contributed by atoms with van der Waals surface area (Å²) < 4.78 is 0. The van der Waals surface area contributed by atoms with Crippen LogP contribution in [0.1, 0.15) is 6.42 Å². The van der Waals surface area contributed by atoms with Gasteiger partial charge in [0, 0.05) is 30.4 Å². The molecule has 1 aliphatic heterocycles. The number of carbonyl (C=O) groups excluding carboxylic acids is 1. The Labute approximate surface area is 105 Å². The smallest absolute Gasteiger partial charge is 0.222 e. The Kier molecular flexibility index (Phi) is 2.63. The first-order valence-electron chi connectivity index (χ1n) is 6.14. The zero-order valence-corrected chi connectivity index (χ0v) is 10.0. The van der Waals surface area contributed by atoms with Crippen molar-refractivity contribution in [1.82, 2.24) is 4.98 Å². The monoisotopic (exact) mass is 241 g/mol. The van der Waals surface area contributed by atoms with Crippen LogP contribution in [-0.2, 0) is 4.79 Å². The number of rotatable bonds is 2. The molecule has 18 heavy (non-hydrogen) atoms. The maximum Gasteiger partial charge on any atom is 0.222 e. The lowest BCUT2D eigenvalue weighted by Crippen LogP contribution is -2.27. The average Bonchev–Trinajstić information content (AvgIpc) is 2.87. The molecule has 1 aromatic heterocycles. The van der Waals surface area contributed by atoms with Gasteiger partial charge in [0.1, 0.15) is 0 Å². The number of nitrogens with zero attached hydrogens (tertiary/aromatic N) is 2. The van der Waals surface area contributed by atoms with E-state index in [1.165, 1.54) is 0 Å². The molecule has 0 radical (unpaired) electrons. The zero-order valence-electron chi connectivity index (χ0n) is 10.0. The molecule has 1 aliphatic rings. The van der Waals surface area contributed by atoms with Crippen LogP contribution in [0.5, 0.6) is 0 Å². The minimum Gasteiger partial charge on any atom is -0.370 e. The van der Waals surface area contributed by atoms with E-state index >= 15 is 0 Å². The molecule has 92 valence electrons. The van der Waals surface area contributed by atoms with E-state index in [1.807, 2.05) is 18.2 Å². The van der Waals surface area contributed by atoms with Crippen LogP contribution in [-0.4, -0.2) is 24.0 Å². The molecule has 1 saturated heterocycles. The van der Waals surface area contributed by atoms with Crippen molar-refractivity contribution in [1.29, 1.82) is 0 Å². The largest absolute Gasteiger partial charge is 0.370 e. The summed E-state index contributed by atoms with van der Waals surface area (Å²) in [5.41, 5.74) is 7.50. The van der Waals surface area contributed by atoms with Crippen molar-refractivity contribution in [2.45, 2.75) is 6.42 Å². The Morgan fingerprint density at radius 1 is 1.33 bits per heavy atom. The molecule has 1 fully saturated rings. The fourth-order valence-electron chi connectivity index (χ4n) is 2.57. The molecule has 2 heterocycles. The number of amides is 1. The highest BCUT2D eigenvalue weighted by Crippen LogP contribution is 2.29. The highest BCUT2D eigenvalue weighted by atomic mass is 16.1. The van der Waals surface area contributed by atoms with Crippen molar-refractivity contribution in [3.8, 4) is 0 Å². The molecule has 0 bridgehead atoms. The van der Waals surface area contributed by atoms with Crippen LogP contribution >= 0.6 is 0 Å². The van der Waals surface area contributed by atoms with Gasteiger partial charge in [-0.1, -0.05) is 6.07 Å². The summed E-state index contributed by atoms with van der Waals surface area (Å²) in [5, 5.41) is 1.13. The number of anilines is 1. The highest BCUT2D eigenvalue weighted by molar-refractivity contribution is 5.92. The molecule has 3 rings (SSSR count). The number of nitrogens with two attached hydrogens (primary N) is 1. The summed E-state index contributed by atoms with van der Waals surface area (Å²) >= 11 is 0. The number of hydrogen-bond acceptors (Lipinski definition) is 3. The second-order valence-corrected chi connectivity index (χ2v) is 4.68. The minimum atomic E-state index is -0.198. The summed E-state index contributed by atoms with van der Waals surface area (Å²) in [4.78, 5) is 17.8. The van der Waals surface area contributed by atoms with E-state index in [0.29, 0.717) is 6.54 Å². The molecule has 1 aromatic carbocycles. The van der Waals surface area contributed by atoms with Gasteiger partial charge >= 0.3 is 0 Å². The van der Waals surface area contributed by atoms with Crippen LogP contribution in [0.2, 0.25) is 0 Å². The van der Waals surface area contributed by atoms with Gasteiger partial charge in [0.25, 0.3) is 0 Å². The van der Waals surface area contributed by atoms with Crippen molar-refractivity contribution in [2.75, 3.05) is 18.0 Å². The van der Waals surface area contributed by atoms with E-state index in [4.69, 9.17) is 5.73 Å². The highest BCUT2D eigenvalue weighted by Gasteiger charge is 2.27. The van der Waals surface area contributed by atoms with Crippen molar-refractivity contribution in [2.24, 2.45) is 11.7 Å². The second-order valence-electron chi connectivity index (χ2n) is 4.68. The molecule has 0 aliphatic carbocycles. The first-order chi connectivity index (χ1) is 8.75. The Morgan fingerprint density at radius 2 is 2.22 bits per heavy atom. The van der Waals surface area contributed by atoms with Gasteiger partial charge in [0.05, 0.1) is 11.4 Å². The number of fused-ring (bicyclic) bond motifs is 1. The molecule has 4 nitrogen and oxygen atoms in total. The van der Waals surface area contributed by atoms with Gasteiger partial charge in [-0.05, 0) is 30.7 Å². The maximum absolute atomic E-state index is 11.2. The summed E-state index contributed by atoms with van der Waals surface area (Å²) in [6.45, 7) is 1.59. The summed E-state index contributed by atoms with van der Waals surface area (Å²) in [7, 11) is 0. The van der Waals surface area contributed by atoms with Crippen LogP contribution in [0.15, 0.2) is 36.5 Å². The molecule has 1 atom stereocenters. The predicted octanol–water partition coefficient (Wildman–Crippen LogP) is 1.55. The second kappa shape index (κ2) is 4.29. The van der Waals surface area contributed by atoms with Crippen LogP contribution in [0.25, 0.3) is 10.9 Å². The lowest BCUT2D eigenvalue weighted by atomic mass is 10.1. The number of hydrogen-bond donors (Lipinski definition) is 1. The van der Waals surface area contributed by atoms with Crippen LogP contribution in [0, 0.1) is 5.92 Å². The molecule has 4 heteroatoms. The third kappa shape index (κ3) is 1.79. The van der Waals surface area contributed by atoms with Gasteiger partial charge in [-0.3, -0.25) is 9.78 Å². The normalized spacial score (nSPS) is 19.3. The van der Waals surface area contributed by atoms with Crippen molar-refractivity contribution in [3.05, 3.63) is 36.5 Å². The van der Waals surface area contributed by atoms with E-state index in [2.05, 4.69) is 22.0 Å². The third-order valence-electron chi connectivity index (χ3n) is 3.55. The molecular weight excluding hydrogens is 226 g/mol. The molecular formula is C14H15N3O. The number of pyridine rings is 1. The van der Waals surface area contributed by atoms with Gasteiger partial charge in [0.15, 0.2) is 0 Å². The average molecular weight is 241 g/mol. The number of benzene rings is 1. The van der Waals surface area contributed by atoms with Gasteiger partial charge in [-0.2, -0.15) is 0 Å². The van der Waals surface area contributed by atoms with Crippen molar-refractivity contribution in [3.63, 3.8) is 0 Å². The lowest BCUT2D eigenvalue weighted by molar-refractivity contribution is -0.121. The van der Waals surface area contributed by atoms with Gasteiger partial charge in [-0.15, -0.1) is 0 Å². The fraction of sp³-hybridized carbons (Fsp3) is 0.286. The van der Waals surface area contributed by atoms with E-state index in [1.54, 1.807) is 6.20 Å². The van der Waals surface area contributed by atoms with Crippen molar-refractivity contribution >= 4 is 22.5 Å². The van der Waals surface area contributed by atoms with Crippen molar-refractivity contribution < 1.29 is 4.79 Å². The molecule has 0 spiro atoms. The van der Waals surface area contributed by atoms with E-state index < -0.39 is 0 Å². The van der Waals surface area contributed by atoms with E-state index in [0.717, 1.165) is 29.6 Å². The predicted molar refractivity (Wildman–Crippen MR) is 71.3 cm³/mol. The van der Waals surface area contributed by atoms with Gasteiger partial charge < -0.3 is 10.6 Å². The lowest BCUT2D eigenvalue weighted by Gasteiger charge is -2.20. The quantitative estimate of drug-likeness (QED) is 0.867. The number of carbonyl (C=O) groups is 1. The Balaban J connectivity index is 1.98. The van der Waals surface area contributed by atoms with Crippen LogP contribution < -0.4 is 10.6 Å². The Hall–Kier alpha value is -2.10. The molecule has 2 N–H and O–H groups in total. The van der Waals surface area contributed by atoms with Gasteiger partial charge in [-0.25, -0.2) is 0 Å². The molecule has 2 aromatic rings. The fourth-order valence-corrected chi connectivity index (χ4v) is 2.57. The summed E-state index contributed by atoms with van der Waals surface area (Å²) in [5.74, 6) is -0.229. The topological polar surface area (TPSA) is 59.2 Å². The molecule has 0 saturated carbocycles. The Bertz CT molecular complexity index is 591. The van der Waals surface area contributed by atoms with E-state index in [-0.39, 0.29) is 11.8 Å². The first kappa shape index (κ1) is 11.0. The van der Waals surface area contributed by atoms with Gasteiger partial charge in [0.2, 0.25) is 5.91 Å². The standard InChI is InChI=1S/C14H15N3O/c15-14(18)10-6-8-17(9-10)13-5-1-4-12-11(13)3-2-7-16-12/h1-5,7,10H,6,8-9H2,(H2,15,18). The molecule has 1 unspecified atom stereocenters. The number of primary amides is 1. The summed E-state index contributed by atoms with van der Waals surface area (Å²) in [6, 6.07) is 10.1. The Morgan fingerprint density at radius 3 is 3.00 bits per heavy atom. The van der Waals surface area contributed by atoms with Crippen LogP contribution in [0.4, 0.5) is 5.69 Å².